The molecule has 2 aliphatic heterocycles. The number of halogens is 1. The second-order valence-electron chi connectivity index (χ2n) is 6.98. The molecule has 3 rings (SSSR count). The molecular weight excluding hydrogens is 431 g/mol. The lowest BCUT2D eigenvalue weighted by atomic mass is 10.00. The molecule has 2 N–H and O–H groups in total. The highest BCUT2D eigenvalue weighted by atomic mass is 127. The van der Waals surface area contributed by atoms with Crippen LogP contribution in [0.1, 0.15) is 37.3 Å². The molecule has 0 saturated carbocycles. The molecule has 0 radical (unpaired) electrons. The van der Waals surface area contributed by atoms with E-state index in [-0.39, 0.29) is 30.0 Å². The minimum atomic E-state index is 0. The van der Waals surface area contributed by atoms with E-state index < -0.39 is 0 Å². The number of aryl methyl sites for hydroxylation is 1. The number of guanidine groups is 1. The van der Waals surface area contributed by atoms with Crippen LogP contribution in [0.4, 0.5) is 0 Å². The van der Waals surface area contributed by atoms with Gasteiger partial charge < -0.3 is 19.8 Å². The smallest absolute Gasteiger partial charge is 0.191 e. The first-order valence-corrected chi connectivity index (χ1v) is 9.06. The molecule has 142 valence electrons. The zero-order valence-electron chi connectivity index (χ0n) is 15.3. The van der Waals surface area contributed by atoms with Gasteiger partial charge in [0.1, 0.15) is 11.5 Å². The largest absolute Gasteiger partial charge is 0.465 e. The second kappa shape index (κ2) is 9.78. The quantitative estimate of drug-likeness (QED) is 0.424. The number of hydrogen-bond acceptors (Lipinski definition) is 4. The van der Waals surface area contributed by atoms with Crippen LogP contribution in [0.5, 0.6) is 0 Å². The van der Waals surface area contributed by atoms with E-state index in [1.165, 1.54) is 12.8 Å². The molecule has 0 spiro atoms. The third-order valence-corrected chi connectivity index (χ3v) is 5.11. The Bertz CT molecular complexity index is 549. The van der Waals surface area contributed by atoms with E-state index in [0.29, 0.717) is 12.5 Å². The van der Waals surface area contributed by atoms with Gasteiger partial charge in [0, 0.05) is 26.2 Å². The first kappa shape index (κ1) is 20.5. The fraction of sp³-hybridized carbons (Fsp3) is 0.722. The minimum absolute atomic E-state index is 0. The summed E-state index contributed by atoms with van der Waals surface area (Å²) in [5.41, 5.74) is 6.26. The van der Waals surface area contributed by atoms with Crippen molar-refractivity contribution in [3.8, 4) is 0 Å². The van der Waals surface area contributed by atoms with Gasteiger partial charge in [-0.15, -0.1) is 24.0 Å². The maximum Gasteiger partial charge on any atom is 0.191 e. The van der Waals surface area contributed by atoms with Crippen LogP contribution in [-0.4, -0.2) is 61.7 Å². The Kier molecular flexibility index (Phi) is 8.02. The normalized spacial score (nSPS) is 21.8. The highest BCUT2D eigenvalue weighted by Crippen LogP contribution is 2.24. The van der Waals surface area contributed by atoms with E-state index in [1.54, 1.807) is 0 Å². The van der Waals surface area contributed by atoms with E-state index in [9.17, 15) is 0 Å². The number of rotatable bonds is 4. The molecule has 1 unspecified atom stereocenters. The Hall–Kier alpha value is -0.800. The average molecular weight is 462 g/mol. The molecule has 1 atom stereocenters. The van der Waals surface area contributed by atoms with Crippen molar-refractivity contribution in [3.63, 3.8) is 0 Å². The van der Waals surface area contributed by atoms with Gasteiger partial charge in [-0.05, 0) is 37.8 Å². The highest BCUT2D eigenvalue weighted by Gasteiger charge is 2.25. The van der Waals surface area contributed by atoms with Crippen molar-refractivity contribution in [1.82, 2.24) is 9.80 Å². The average Bonchev–Trinajstić information content (AvgIpc) is 3.02. The predicted molar refractivity (Wildman–Crippen MR) is 110 cm³/mol. The van der Waals surface area contributed by atoms with Crippen molar-refractivity contribution in [2.75, 3.05) is 45.9 Å². The van der Waals surface area contributed by atoms with Gasteiger partial charge in [0.15, 0.2) is 5.96 Å². The van der Waals surface area contributed by atoms with Gasteiger partial charge in [0.2, 0.25) is 0 Å². The number of furan rings is 1. The Labute approximate surface area is 167 Å². The first-order valence-electron chi connectivity index (χ1n) is 9.06. The van der Waals surface area contributed by atoms with E-state index in [0.717, 1.165) is 56.8 Å². The van der Waals surface area contributed by atoms with Crippen LogP contribution in [0, 0.1) is 12.8 Å². The zero-order valence-corrected chi connectivity index (χ0v) is 17.6. The molecule has 0 aliphatic carbocycles. The lowest BCUT2D eigenvalue weighted by Crippen LogP contribution is -2.44. The SMILES string of the molecule is Cc1ccc(C(CN=C(N)N2CCC(C)CC2)N2CCOCC2)o1.I. The van der Waals surface area contributed by atoms with Gasteiger partial charge in [-0.1, -0.05) is 6.92 Å². The maximum absolute atomic E-state index is 6.26. The summed E-state index contributed by atoms with van der Waals surface area (Å²) in [5.74, 6) is 3.37. The molecule has 1 aromatic heterocycles. The molecule has 0 aromatic carbocycles. The summed E-state index contributed by atoms with van der Waals surface area (Å²) in [6.07, 6.45) is 2.39. The van der Waals surface area contributed by atoms with Crippen LogP contribution in [0.15, 0.2) is 21.5 Å². The molecule has 0 amide bonds. The Morgan fingerprint density at radius 3 is 2.52 bits per heavy atom. The van der Waals surface area contributed by atoms with Crippen LogP contribution < -0.4 is 5.73 Å². The van der Waals surface area contributed by atoms with Crippen molar-refractivity contribution in [1.29, 1.82) is 0 Å². The number of hydrogen-bond donors (Lipinski definition) is 1. The number of ether oxygens (including phenoxy) is 1. The number of morpholine rings is 1. The summed E-state index contributed by atoms with van der Waals surface area (Å²) in [6.45, 7) is 10.3. The van der Waals surface area contributed by atoms with Gasteiger partial charge in [-0.25, -0.2) is 0 Å². The lowest BCUT2D eigenvalue weighted by Gasteiger charge is -2.33. The summed E-state index contributed by atoms with van der Waals surface area (Å²) in [5, 5.41) is 0. The monoisotopic (exact) mass is 462 g/mol. The summed E-state index contributed by atoms with van der Waals surface area (Å²) in [6, 6.07) is 4.20. The van der Waals surface area contributed by atoms with Crippen LogP contribution >= 0.6 is 24.0 Å². The number of likely N-dealkylation sites (tertiary alicyclic amines) is 1. The van der Waals surface area contributed by atoms with Crippen LogP contribution in [0.2, 0.25) is 0 Å². The third kappa shape index (κ3) is 5.59. The van der Waals surface area contributed by atoms with Gasteiger partial charge in [0.05, 0.1) is 25.8 Å². The van der Waals surface area contributed by atoms with E-state index >= 15 is 0 Å². The standard InChI is InChI=1S/C18H30N4O2.HI/c1-14-5-7-22(8-6-14)18(19)20-13-16(17-4-3-15(2)24-17)21-9-11-23-12-10-21;/h3-4,14,16H,5-13H2,1-2H3,(H2,19,20);1H. The molecule has 2 fully saturated rings. The van der Waals surface area contributed by atoms with Crippen molar-refractivity contribution in [2.24, 2.45) is 16.6 Å². The van der Waals surface area contributed by atoms with Crippen molar-refractivity contribution in [2.45, 2.75) is 32.7 Å². The number of aliphatic imine (C=N–C) groups is 1. The van der Waals surface area contributed by atoms with Gasteiger partial charge in [0.25, 0.3) is 0 Å². The van der Waals surface area contributed by atoms with Gasteiger partial charge in [-0.3, -0.25) is 9.89 Å². The highest BCUT2D eigenvalue weighted by molar-refractivity contribution is 14.0. The topological polar surface area (TPSA) is 67.2 Å². The fourth-order valence-electron chi connectivity index (χ4n) is 3.42. The second-order valence-corrected chi connectivity index (χ2v) is 6.98. The molecule has 2 saturated heterocycles. The summed E-state index contributed by atoms with van der Waals surface area (Å²) in [4.78, 5) is 9.31. The summed E-state index contributed by atoms with van der Waals surface area (Å²) >= 11 is 0. The number of nitrogens with two attached hydrogens (primary N) is 1. The molecule has 1 aromatic rings. The van der Waals surface area contributed by atoms with E-state index in [2.05, 4.69) is 22.8 Å². The third-order valence-electron chi connectivity index (χ3n) is 5.11. The summed E-state index contributed by atoms with van der Waals surface area (Å²) in [7, 11) is 0. The lowest BCUT2D eigenvalue weighted by molar-refractivity contribution is 0.0135. The van der Waals surface area contributed by atoms with Crippen LogP contribution in [0.25, 0.3) is 0 Å². The van der Waals surface area contributed by atoms with Crippen molar-refractivity contribution >= 4 is 29.9 Å². The van der Waals surface area contributed by atoms with Gasteiger partial charge >= 0.3 is 0 Å². The van der Waals surface area contributed by atoms with E-state index in [1.807, 2.05) is 13.0 Å². The fourth-order valence-corrected chi connectivity index (χ4v) is 3.42. The minimum Gasteiger partial charge on any atom is -0.465 e. The molecule has 3 heterocycles. The van der Waals surface area contributed by atoms with Gasteiger partial charge in [-0.2, -0.15) is 0 Å². The maximum atomic E-state index is 6.26. The van der Waals surface area contributed by atoms with E-state index in [4.69, 9.17) is 19.9 Å². The van der Waals surface area contributed by atoms with Crippen molar-refractivity contribution in [3.05, 3.63) is 23.7 Å². The zero-order chi connectivity index (χ0) is 16.9. The molecule has 7 heteroatoms. The number of piperidine rings is 1. The molecule has 6 nitrogen and oxygen atoms in total. The van der Waals surface area contributed by atoms with Crippen LogP contribution in [-0.2, 0) is 4.74 Å². The first-order chi connectivity index (χ1) is 11.6. The van der Waals surface area contributed by atoms with Crippen molar-refractivity contribution < 1.29 is 9.15 Å². The number of nitrogens with zero attached hydrogens (tertiary/aromatic N) is 3. The molecule has 2 aliphatic rings. The predicted octanol–water partition coefficient (Wildman–Crippen LogP) is 2.63. The Balaban J connectivity index is 0.00000225. The van der Waals surface area contributed by atoms with Crippen LogP contribution in [0.3, 0.4) is 0 Å². The molecule has 25 heavy (non-hydrogen) atoms. The molecule has 0 bridgehead atoms. The summed E-state index contributed by atoms with van der Waals surface area (Å²) < 4.78 is 11.4. The molecular formula is C18H31IN4O2. The Morgan fingerprint density at radius 2 is 1.92 bits per heavy atom. The Morgan fingerprint density at radius 1 is 1.24 bits per heavy atom.